The Morgan fingerprint density at radius 2 is 1.17 bits per heavy atom. The van der Waals surface area contributed by atoms with E-state index in [-0.39, 0.29) is 0 Å². The van der Waals surface area contributed by atoms with E-state index in [2.05, 4.69) is 25.3 Å². The van der Waals surface area contributed by atoms with E-state index in [0.29, 0.717) is 0 Å². The first kappa shape index (κ1) is 17.1. The maximum Gasteiger partial charge on any atom is 0.118 e. The highest BCUT2D eigenvalue weighted by Gasteiger charge is 2.16. The third-order valence-electron chi connectivity index (χ3n) is 3.98. The number of methoxy groups -OCH3 is 2. The molecule has 120 valence electrons. The van der Waals surface area contributed by atoms with Crippen LogP contribution in [0.2, 0.25) is 0 Å². The van der Waals surface area contributed by atoms with Crippen molar-refractivity contribution in [3.8, 4) is 11.5 Å². The van der Waals surface area contributed by atoms with E-state index in [0.717, 1.165) is 22.6 Å². The third-order valence-corrected chi connectivity index (χ3v) is 6.14. The van der Waals surface area contributed by atoms with Gasteiger partial charge in [-0.3, -0.25) is 0 Å². The Labute approximate surface area is 141 Å². The molecular weight excluding hydrogens is 300 g/mol. The summed E-state index contributed by atoms with van der Waals surface area (Å²) in [6.45, 7) is 12.3. The van der Waals surface area contributed by atoms with Crippen molar-refractivity contribution in [3.05, 3.63) is 60.7 Å². The molecule has 2 rings (SSSR count). The Bertz CT molecular complexity index is 684. The van der Waals surface area contributed by atoms with Gasteiger partial charge in [-0.05, 0) is 47.5 Å². The van der Waals surface area contributed by atoms with Crippen LogP contribution in [0.5, 0.6) is 11.5 Å². The monoisotopic (exact) mass is 324 g/mol. The molecule has 0 aliphatic rings. The zero-order chi connectivity index (χ0) is 17.0. The Kier molecular flexibility index (Phi) is 5.45. The lowest BCUT2D eigenvalue weighted by molar-refractivity contribution is 0.417. The van der Waals surface area contributed by atoms with E-state index in [1.165, 1.54) is 21.5 Å². The van der Waals surface area contributed by atoms with E-state index in [1.807, 2.05) is 38.1 Å². The van der Waals surface area contributed by atoms with Crippen LogP contribution in [-0.4, -0.2) is 23.7 Å². The molecule has 3 heteroatoms. The van der Waals surface area contributed by atoms with Crippen LogP contribution in [0.1, 0.15) is 25.0 Å². The fourth-order valence-electron chi connectivity index (χ4n) is 2.85. The smallest absolute Gasteiger partial charge is 0.118 e. The number of rotatable bonds is 6. The summed E-state index contributed by atoms with van der Waals surface area (Å²) in [4.78, 5) is 0. The van der Waals surface area contributed by atoms with E-state index in [9.17, 15) is 0 Å². The van der Waals surface area contributed by atoms with Crippen molar-refractivity contribution >= 4 is 31.0 Å². The SMILES string of the molecule is C=C(C)c1cccc(OC)c1[SiH2]c1c(OC)cccc1C(=C)C. The second-order valence-electron chi connectivity index (χ2n) is 5.71. The first-order chi connectivity index (χ1) is 11.0. The van der Waals surface area contributed by atoms with Crippen molar-refractivity contribution in [2.24, 2.45) is 0 Å². The lowest BCUT2D eigenvalue weighted by Crippen LogP contribution is -2.33. The van der Waals surface area contributed by atoms with Crippen LogP contribution in [0.3, 0.4) is 0 Å². The molecule has 0 aromatic heterocycles. The Morgan fingerprint density at radius 1 is 0.783 bits per heavy atom. The largest absolute Gasteiger partial charge is 0.497 e. The molecule has 0 heterocycles. The molecule has 0 atom stereocenters. The first-order valence-electron chi connectivity index (χ1n) is 7.63. The predicted molar refractivity (Wildman–Crippen MR) is 103 cm³/mol. The van der Waals surface area contributed by atoms with Crippen LogP contribution in [0, 0.1) is 0 Å². The number of hydrogen-bond acceptors (Lipinski definition) is 2. The van der Waals surface area contributed by atoms with E-state index >= 15 is 0 Å². The highest BCUT2D eigenvalue weighted by molar-refractivity contribution is 6.70. The van der Waals surface area contributed by atoms with Gasteiger partial charge in [0.15, 0.2) is 0 Å². The summed E-state index contributed by atoms with van der Waals surface area (Å²) in [5.74, 6) is 1.85. The third kappa shape index (κ3) is 3.56. The molecule has 0 saturated heterocycles. The van der Waals surface area contributed by atoms with Crippen molar-refractivity contribution in [2.45, 2.75) is 13.8 Å². The average molecular weight is 324 g/mol. The maximum atomic E-state index is 5.61. The minimum Gasteiger partial charge on any atom is -0.497 e. The summed E-state index contributed by atoms with van der Waals surface area (Å²) in [7, 11) is 2.61. The molecule has 0 bridgehead atoms. The van der Waals surface area contributed by atoms with E-state index in [1.54, 1.807) is 14.2 Å². The summed E-state index contributed by atoms with van der Waals surface area (Å²) in [6, 6.07) is 12.3. The fourth-order valence-corrected chi connectivity index (χ4v) is 5.30. The van der Waals surface area contributed by atoms with Crippen molar-refractivity contribution in [1.29, 1.82) is 0 Å². The minimum atomic E-state index is -0.829. The van der Waals surface area contributed by atoms with Gasteiger partial charge in [0.05, 0.1) is 23.7 Å². The van der Waals surface area contributed by atoms with Crippen LogP contribution in [0.25, 0.3) is 11.1 Å². The van der Waals surface area contributed by atoms with Gasteiger partial charge in [-0.25, -0.2) is 0 Å². The molecule has 2 nitrogen and oxygen atoms in total. The molecule has 0 amide bonds. The highest BCUT2D eigenvalue weighted by atomic mass is 28.2. The summed E-state index contributed by atoms with van der Waals surface area (Å²) in [6.07, 6.45) is 0. The second-order valence-corrected chi connectivity index (χ2v) is 7.48. The molecule has 0 aliphatic heterocycles. The summed E-state index contributed by atoms with van der Waals surface area (Å²) < 4.78 is 11.2. The fraction of sp³-hybridized carbons (Fsp3) is 0.200. The summed E-state index contributed by atoms with van der Waals surface area (Å²) >= 11 is 0. The van der Waals surface area contributed by atoms with Crippen LogP contribution < -0.4 is 19.8 Å². The molecule has 2 aromatic rings. The van der Waals surface area contributed by atoms with E-state index < -0.39 is 9.52 Å². The van der Waals surface area contributed by atoms with Gasteiger partial charge in [-0.15, -0.1) is 0 Å². The quantitative estimate of drug-likeness (QED) is 0.761. The zero-order valence-electron chi connectivity index (χ0n) is 14.4. The molecule has 0 aliphatic carbocycles. The molecule has 0 saturated carbocycles. The molecule has 0 N–H and O–H groups in total. The second kappa shape index (κ2) is 7.33. The Morgan fingerprint density at radius 3 is 1.48 bits per heavy atom. The molecular formula is C20H24O2Si. The van der Waals surface area contributed by atoms with Crippen LogP contribution in [-0.2, 0) is 0 Å². The summed E-state index contributed by atoms with van der Waals surface area (Å²) in [5, 5.41) is 2.52. The van der Waals surface area contributed by atoms with Crippen LogP contribution in [0.4, 0.5) is 0 Å². The van der Waals surface area contributed by atoms with Gasteiger partial charge in [0.25, 0.3) is 0 Å². The predicted octanol–water partition coefficient (Wildman–Crippen LogP) is 2.89. The van der Waals surface area contributed by atoms with Gasteiger partial charge in [0, 0.05) is 0 Å². The topological polar surface area (TPSA) is 18.5 Å². The van der Waals surface area contributed by atoms with Gasteiger partial charge >= 0.3 is 0 Å². The molecule has 0 fully saturated rings. The molecule has 23 heavy (non-hydrogen) atoms. The zero-order valence-corrected chi connectivity index (χ0v) is 15.8. The lowest BCUT2D eigenvalue weighted by Gasteiger charge is -2.18. The Hall–Kier alpha value is -2.26. The highest BCUT2D eigenvalue weighted by Crippen LogP contribution is 2.19. The van der Waals surface area contributed by atoms with Crippen molar-refractivity contribution in [1.82, 2.24) is 0 Å². The van der Waals surface area contributed by atoms with Gasteiger partial charge in [0.2, 0.25) is 0 Å². The van der Waals surface area contributed by atoms with Crippen LogP contribution in [0.15, 0.2) is 49.6 Å². The normalized spacial score (nSPS) is 10.3. The van der Waals surface area contributed by atoms with Gasteiger partial charge in [0.1, 0.15) is 11.5 Å². The first-order valence-corrected chi connectivity index (χ1v) is 9.04. The maximum absolute atomic E-state index is 5.61. The standard InChI is InChI=1S/C20H24O2Si/c1-13(2)15-9-7-11-17(21-5)19(15)23-20-16(14(3)4)10-8-12-18(20)22-6/h7-12H,1,3,23H2,2,4-6H3. The Balaban J connectivity index is 2.64. The van der Waals surface area contributed by atoms with Crippen molar-refractivity contribution in [2.75, 3.05) is 14.2 Å². The van der Waals surface area contributed by atoms with Gasteiger partial charge in [-0.1, -0.05) is 48.6 Å². The molecule has 0 unspecified atom stereocenters. The number of ether oxygens (including phenoxy) is 2. The molecule has 0 radical (unpaired) electrons. The number of benzene rings is 2. The number of hydrogen-bond donors (Lipinski definition) is 0. The summed E-state index contributed by atoms with van der Waals surface area (Å²) in [5.41, 5.74) is 4.46. The van der Waals surface area contributed by atoms with Gasteiger partial charge in [-0.2, -0.15) is 0 Å². The number of allylic oxidation sites excluding steroid dienone is 2. The van der Waals surface area contributed by atoms with E-state index in [4.69, 9.17) is 9.47 Å². The lowest BCUT2D eigenvalue weighted by atomic mass is 10.1. The molecule has 2 aromatic carbocycles. The minimum absolute atomic E-state index is 0.829. The van der Waals surface area contributed by atoms with Crippen molar-refractivity contribution < 1.29 is 9.47 Å². The van der Waals surface area contributed by atoms with Crippen LogP contribution >= 0.6 is 0 Å². The van der Waals surface area contributed by atoms with Gasteiger partial charge < -0.3 is 9.47 Å². The average Bonchev–Trinajstić information content (AvgIpc) is 2.54. The molecule has 0 spiro atoms. The van der Waals surface area contributed by atoms with Crippen molar-refractivity contribution in [3.63, 3.8) is 0 Å².